The summed E-state index contributed by atoms with van der Waals surface area (Å²) in [6.45, 7) is 7.95. The van der Waals surface area contributed by atoms with Crippen LogP contribution in [-0.4, -0.2) is 43.0 Å². The fourth-order valence-corrected chi connectivity index (χ4v) is 5.28. The van der Waals surface area contributed by atoms with Gasteiger partial charge < -0.3 is 20.9 Å². The lowest BCUT2D eigenvalue weighted by Crippen LogP contribution is -2.35. The van der Waals surface area contributed by atoms with Crippen LogP contribution in [0.25, 0.3) is 10.8 Å². The van der Waals surface area contributed by atoms with E-state index in [2.05, 4.69) is 51.2 Å². The highest BCUT2D eigenvalue weighted by Gasteiger charge is 2.22. The van der Waals surface area contributed by atoms with Crippen LogP contribution in [0.15, 0.2) is 78.0 Å². The third kappa shape index (κ3) is 9.10. The molecule has 2 aliphatic rings. The number of carbonyl (C=O) groups is 2. The maximum absolute atomic E-state index is 12.2. The van der Waals surface area contributed by atoms with Gasteiger partial charge in [0.05, 0.1) is 0 Å². The zero-order valence-electron chi connectivity index (χ0n) is 23.5. The van der Waals surface area contributed by atoms with E-state index in [1.165, 1.54) is 36.6 Å². The number of hydrogen-bond acceptors (Lipinski definition) is 3. The van der Waals surface area contributed by atoms with Crippen molar-refractivity contribution in [2.24, 2.45) is 11.8 Å². The molecule has 0 atom stereocenters. The fourth-order valence-electron chi connectivity index (χ4n) is 5.28. The lowest BCUT2D eigenvalue weighted by atomic mass is 9.88. The molecule has 39 heavy (non-hydrogen) atoms. The largest absolute Gasteiger partial charge is 0.338 e. The quantitative estimate of drug-likeness (QED) is 0.282. The summed E-state index contributed by atoms with van der Waals surface area (Å²) < 4.78 is 0. The minimum Gasteiger partial charge on any atom is -0.338 e. The number of fused-ring (bicyclic) bond motifs is 1. The van der Waals surface area contributed by atoms with Crippen molar-refractivity contribution in [2.75, 3.05) is 31.5 Å². The minimum absolute atomic E-state index is 0.0185. The second-order valence-corrected chi connectivity index (χ2v) is 11.1. The average molecular weight is 529 g/mol. The highest BCUT2D eigenvalue weighted by molar-refractivity contribution is 5.93. The zero-order chi connectivity index (χ0) is 27.5. The van der Waals surface area contributed by atoms with Gasteiger partial charge in [-0.15, -0.1) is 0 Å². The lowest BCUT2D eigenvalue weighted by molar-refractivity contribution is -0.123. The summed E-state index contributed by atoms with van der Waals surface area (Å²) in [5.74, 6) is 0.621. The molecular weight excluding hydrogens is 484 g/mol. The number of anilines is 1. The maximum Gasteiger partial charge on any atom is 0.319 e. The van der Waals surface area contributed by atoms with Gasteiger partial charge >= 0.3 is 6.03 Å². The second-order valence-electron chi connectivity index (χ2n) is 11.1. The Hall–Kier alpha value is -3.38. The molecule has 208 valence electrons. The molecule has 6 nitrogen and oxygen atoms in total. The minimum atomic E-state index is -0.142. The Bertz CT molecular complexity index is 1210. The van der Waals surface area contributed by atoms with E-state index in [-0.39, 0.29) is 17.9 Å². The SMILES string of the molecule is CC(C)C(=O)NC1=CC(C2CCN(CCCCCCNC(=O)Nc3ccc4ccccc4c3)CC2)=CCC=C1. The monoisotopic (exact) mass is 528 g/mol. The van der Waals surface area contributed by atoms with Crippen LogP contribution >= 0.6 is 0 Å². The number of benzene rings is 2. The Kier molecular flexibility index (Phi) is 10.8. The van der Waals surface area contributed by atoms with Gasteiger partial charge in [0.25, 0.3) is 0 Å². The summed E-state index contributed by atoms with van der Waals surface area (Å²) >= 11 is 0. The predicted octanol–water partition coefficient (Wildman–Crippen LogP) is 6.78. The maximum atomic E-state index is 12.2. The number of nitrogens with zero attached hydrogens (tertiary/aromatic N) is 1. The zero-order valence-corrected chi connectivity index (χ0v) is 23.5. The summed E-state index contributed by atoms with van der Waals surface area (Å²) in [5.41, 5.74) is 3.10. The topological polar surface area (TPSA) is 73.5 Å². The molecule has 1 fully saturated rings. The van der Waals surface area contributed by atoms with Gasteiger partial charge in [-0.3, -0.25) is 4.79 Å². The third-order valence-electron chi connectivity index (χ3n) is 7.65. The number of nitrogens with one attached hydrogen (secondary N) is 3. The van der Waals surface area contributed by atoms with Gasteiger partial charge in [0.2, 0.25) is 5.91 Å². The van der Waals surface area contributed by atoms with Crippen LogP contribution in [0.3, 0.4) is 0 Å². The van der Waals surface area contributed by atoms with E-state index in [0.717, 1.165) is 55.7 Å². The van der Waals surface area contributed by atoms with Crippen molar-refractivity contribution in [2.45, 2.75) is 58.8 Å². The van der Waals surface area contributed by atoms with Crippen molar-refractivity contribution in [3.63, 3.8) is 0 Å². The van der Waals surface area contributed by atoms with Crippen molar-refractivity contribution in [1.29, 1.82) is 0 Å². The van der Waals surface area contributed by atoms with Gasteiger partial charge in [0, 0.05) is 23.8 Å². The van der Waals surface area contributed by atoms with Gasteiger partial charge in [-0.05, 0) is 98.3 Å². The Morgan fingerprint density at radius 2 is 1.72 bits per heavy atom. The molecule has 2 aromatic rings. The molecule has 3 amide bonds. The Balaban J connectivity index is 1.07. The van der Waals surface area contributed by atoms with Gasteiger partial charge in [-0.1, -0.05) is 69.2 Å². The van der Waals surface area contributed by atoms with Crippen molar-refractivity contribution in [3.8, 4) is 0 Å². The van der Waals surface area contributed by atoms with Gasteiger partial charge in [-0.2, -0.15) is 0 Å². The number of likely N-dealkylation sites (tertiary alicyclic amines) is 1. The molecule has 0 spiro atoms. The molecule has 3 N–H and O–H groups in total. The highest BCUT2D eigenvalue weighted by atomic mass is 16.2. The summed E-state index contributed by atoms with van der Waals surface area (Å²) in [5, 5.41) is 11.3. The molecule has 1 heterocycles. The smallest absolute Gasteiger partial charge is 0.319 e. The van der Waals surface area contributed by atoms with Crippen LogP contribution in [0.2, 0.25) is 0 Å². The van der Waals surface area contributed by atoms with E-state index in [4.69, 9.17) is 0 Å². The molecule has 0 unspecified atom stereocenters. The van der Waals surface area contributed by atoms with Crippen molar-refractivity contribution in [1.82, 2.24) is 15.5 Å². The van der Waals surface area contributed by atoms with Crippen molar-refractivity contribution in [3.05, 3.63) is 78.0 Å². The number of unbranched alkanes of at least 4 members (excludes halogenated alkanes) is 3. The summed E-state index contributed by atoms with van der Waals surface area (Å²) in [7, 11) is 0. The molecular formula is C33H44N4O2. The molecule has 0 aromatic heterocycles. The standard InChI is InChI=1S/C33H44N4O2/c1-25(2)32(38)35-30-14-8-7-13-29(23-30)27-17-21-37(22-18-27)20-10-4-3-9-19-34-33(39)36-31-16-15-26-11-5-6-12-28(26)24-31/h5-6,8,11-16,23-25,27H,3-4,7,9-10,17-22H2,1-2H3,(H,35,38)(H2,34,36,39). The van der Waals surface area contributed by atoms with Crippen LogP contribution in [-0.2, 0) is 4.79 Å². The average Bonchev–Trinajstić information content (AvgIpc) is 3.18. The first-order chi connectivity index (χ1) is 19.0. The normalized spacial score (nSPS) is 16.5. The van der Waals surface area contributed by atoms with E-state index in [1.807, 2.05) is 50.3 Å². The van der Waals surface area contributed by atoms with Crippen LogP contribution in [0.4, 0.5) is 10.5 Å². The summed E-state index contributed by atoms with van der Waals surface area (Å²) in [4.78, 5) is 27.0. The fraction of sp³-hybridized carbons (Fsp3) is 0.455. The first kappa shape index (κ1) is 28.6. The first-order valence-corrected chi connectivity index (χ1v) is 14.6. The van der Waals surface area contributed by atoms with Crippen LogP contribution in [0.5, 0.6) is 0 Å². The van der Waals surface area contributed by atoms with E-state index in [0.29, 0.717) is 12.5 Å². The van der Waals surface area contributed by atoms with E-state index in [9.17, 15) is 9.59 Å². The number of urea groups is 1. The van der Waals surface area contributed by atoms with E-state index in [1.54, 1.807) is 0 Å². The molecule has 0 bridgehead atoms. The first-order valence-electron chi connectivity index (χ1n) is 14.6. The lowest BCUT2D eigenvalue weighted by Gasteiger charge is -2.32. The van der Waals surface area contributed by atoms with Gasteiger partial charge in [0.15, 0.2) is 0 Å². The Morgan fingerprint density at radius 3 is 2.51 bits per heavy atom. The number of amides is 3. The van der Waals surface area contributed by atoms with Gasteiger partial charge in [-0.25, -0.2) is 4.79 Å². The molecule has 2 aromatic carbocycles. The Labute approximate surface area is 233 Å². The molecule has 6 heteroatoms. The van der Waals surface area contributed by atoms with Crippen molar-refractivity contribution >= 4 is 28.4 Å². The molecule has 1 aliphatic heterocycles. The number of carbonyl (C=O) groups excluding carboxylic acids is 2. The molecule has 1 saturated heterocycles. The molecule has 4 rings (SSSR count). The van der Waals surface area contributed by atoms with Gasteiger partial charge in [0.1, 0.15) is 0 Å². The number of rotatable bonds is 11. The Morgan fingerprint density at radius 1 is 0.949 bits per heavy atom. The summed E-state index contributed by atoms with van der Waals surface area (Å²) in [6.07, 6.45) is 16.4. The number of hydrogen-bond donors (Lipinski definition) is 3. The molecule has 1 aliphatic carbocycles. The highest BCUT2D eigenvalue weighted by Crippen LogP contribution is 2.28. The van der Waals surface area contributed by atoms with Crippen LogP contribution < -0.4 is 16.0 Å². The van der Waals surface area contributed by atoms with E-state index >= 15 is 0 Å². The number of piperidine rings is 1. The summed E-state index contributed by atoms with van der Waals surface area (Å²) in [6, 6.07) is 14.0. The number of allylic oxidation sites excluding steroid dienone is 5. The second kappa shape index (κ2) is 14.7. The van der Waals surface area contributed by atoms with E-state index < -0.39 is 0 Å². The molecule has 0 radical (unpaired) electrons. The third-order valence-corrected chi connectivity index (χ3v) is 7.65. The molecule has 0 saturated carbocycles. The van der Waals surface area contributed by atoms with Crippen LogP contribution in [0, 0.1) is 11.8 Å². The van der Waals surface area contributed by atoms with Crippen LogP contribution in [0.1, 0.15) is 58.8 Å². The van der Waals surface area contributed by atoms with Crippen molar-refractivity contribution < 1.29 is 9.59 Å². The predicted molar refractivity (Wildman–Crippen MR) is 162 cm³/mol.